The van der Waals surface area contributed by atoms with E-state index in [1.54, 1.807) is 34.6 Å². The van der Waals surface area contributed by atoms with E-state index in [4.69, 9.17) is 4.74 Å². The highest BCUT2D eigenvalue weighted by Gasteiger charge is 2.31. The van der Waals surface area contributed by atoms with Crippen molar-refractivity contribution in [1.82, 2.24) is 9.88 Å². The maximum atomic E-state index is 12.2. The number of aryl methyl sites for hydroxylation is 1. The molecule has 0 unspecified atom stereocenters. The minimum absolute atomic E-state index is 0.00410. The molecular weight excluding hydrogens is 338 g/mol. The summed E-state index contributed by atoms with van der Waals surface area (Å²) < 4.78 is 5.76. The van der Waals surface area contributed by atoms with Gasteiger partial charge in [0.15, 0.2) is 5.06 Å². The molecule has 1 fully saturated rings. The van der Waals surface area contributed by atoms with Crippen LogP contribution in [0.4, 0.5) is 5.82 Å². The summed E-state index contributed by atoms with van der Waals surface area (Å²) in [6.45, 7) is 1.21. The first-order valence-corrected chi connectivity index (χ1v) is 9.01. The Morgan fingerprint density at radius 2 is 2.28 bits per heavy atom. The number of pyridine rings is 1. The second-order valence-corrected chi connectivity index (χ2v) is 6.98. The van der Waals surface area contributed by atoms with Gasteiger partial charge in [0, 0.05) is 18.7 Å². The predicted molar refractivity (Wildman–Crippen MR) is 95.5 cm³/mol. The van der Waals surface area contributed by atoms with E-state index in [0.717, 1.165) is 16.2 Å². The third-order valence-electron chi connectivity index (χ3n) is 4.22. The zero-order chi connectivity index (χ0) is 17.2. The lowest BCUT2D eigenvalue weighted by Crippen LogP contribution is -2.55. The Morgan fingerprint density at radius 1 is 1.40 bits per heavy atom. The third kappa shape index (κ3) is 3.56. The zero-order valence-electron chi connectivity index (χ0n) is 13.5. The van der Waals surface area contributed by atoms with E-state index in [2.05, 4.69) is 10.3 Å². The minimum atomic E-state index is -0.0305. The van der Waals surface area contributed by atoms with Crippen molar-refractivity contribution in [3.8, 4) is 5.06 Å². The Hall–Kier alpha value is -2.67. The zero-order valence-corrected chi connectivity index (χ0v) is 14.3. The fourth-order valence-corrected chi connectivity index (χ4v) is 3.47. The predicted octanol–water partition coefficient (Wildman–Crippen LogP) is 2.33. The van der Waals surface area contributed by atoms with Crippen molar-refractivity contribution in [3.63, 3.8) is 0 Å². The molecule has 2 aromatic rings. The number of anilines is 1. The molecule has 0 atom stereocenters. The van der Waals surface area contributed by atoms with Crippen molar-refractivity contribution in [1.29, 1.82) is 0 Å². The van der Waals surface area contributed by atoms with E-state index < -0.39 is 0 Å². The minimum Gasteiger partial charge on any atom is -0.477 e. The largest absolute Gasteiger partial charge is 0.477 e. The molecule has 6 nitrogen and oxygen atoms in total. The van der Waals surface area contributed by atoms with E-state index in [0.29, 0.717) is 31.7 Å². The molecule has 0 spiro atoms. The molecular formula is C18H17N3O3S. The number of hydrogen-bond donors (Lipinski definition) is 1. The Labute approximate surface area is 149 Å². The summed E-state index contributed by atoms with van der Waals surface area (Å²) in [7, 11) is 0. The van der Waals surface area contributed by atoms with E-state index >= 15 is 0 Å². The summed E-state index contributed by atoms with van der Waals surface area (Å²) in [4.78, 5) is 29.5. The highest BCUT2D eigenvalue weighted by atomic mass is 32.1. The number of fused-ring (bicyclic) bond motifs is 1. The molecule has 7 heteroatoms. The summed E-state index contributed by atoms with van der Waals surface area (Å²) in [6.07, 6.45) is 6.21. The quantitative estimate of drug-likeness (QED) is 0.855. The number of rotatable bonds is 4. The molecule has 4 heterocycles. The van der Waals surface area contributed by atoms with E-state index in [1.165, 1.54) is 0 Å². The summed E-state index contributed by atoms with van der Waals surface area (Å²) in [6, 6.07) is 5.84. The lowest BCUT2D eigenvalue weighted by Gasteiger charge is -2.37. The van der Waals surface area contributed by atoms with Gasteiger partial charge in [-0.25, -0.2) is 4.98 Å². The van der Waals surface area contributed by atoms with Gasteiger partial charge < -0.3 is 15.0 Å². The highest BCUT2D eigenvalue weighted by molar-refractivity contribution is 7.11. The Balaban J connectivity index is 1.32. The van der Waals surface area contributed by atoms with Gasteiger partial charge in [-0.05, 0) is 47.2 Å². The van der Waals surface area contributed by atoms with Crippen LogP contribution in [0.3, 0.4) is 0 Å². The van der Waals surface area contributed by atoms with Crippen LogP contribution in [0, 0.1) is 0 Å². The van der Waals surface area contributed by atoms with Crippen LogP contribution < -0.4 is 10.1 Å². The van der Waals surface area contributed by atoms with Crippen molar-refractivity contribution in [3.05, 3.63) is 47.0 Å². The van der Waals surface area contributed by atoms with Crippen molar-refractivity contribution >= 4 is 35.0 Å². The second-order valence-electron chi connectivity index (χ2n) is 6.07. The number of thiophene rings is 1. The van der Waals surface area contributed by atoms with E-state index in [1.807, 2.05) is 23.6 Å². The smallest absolute Gasteiger partial charge is 0.246 e. The number of aromatic nitrogens is 1. The van der Waals surface area contributed by atoms with Crippen LogP contribution in [-0.4, -0.2) is 40.9 Å². The molecule has 0 radical (unpaired) electrons. The Bertz CT molecular complexity index is 826. The number of hydrogen-bond acceptors (Lipinski definition) is 5. The van der Waals surface area contributed by atoms with Gasteiger partial charge in [-0.2, -0.15) is 0 Å². The SMILES string of the molecule is O=C1CCc2cc(/C=C/C(=O)N3CC(Oc4cccs4)C3)cnc2N1. The van der Waals surface area contributed by atoms with Gasteiger partial charge in [-0.3, -0.25) is 9.59 Å². The van der Waals surface area contributed by atoms with Crippen molar-refractivity contribution in [2.75, 3.05) is 18.4 Å². The summed E-state index contributed by atoms with van der Waals surface area (Å²) in [5, 5.41) is 5.61. The first-order valence-electron chi connectivity index (χ1n) is 8.13. The average Bonchev–Trinajstić information content (AvgIpc) is 3.08. The molecule has 0 bridgehead atoms. The number of nitrogens with one attached hydrogen (secondary N) is 1. The van der Waals surface area contributed by atoms with Crippen LogP contribution in [0.5, 0.6) is 5.06 Å². The maximum absolute atomic E-state index is 12.2. The molecule has 25 heavy (non-hydrogen) atoms. The van der Waals surface area contributed by atoms with Crippen LogP contribution in [0.25, 0.3) is 6.08 Å². The lowest BCUT2D eigenvalue weighted by atomic mass is 10.0. The van der Waals surface area contributed by atoms with Crippen LogP contribution in [0.15, 0.2) is 35.9 Å². The Morgan fingerprint density at radius 3 is 3.08 bits per heavy atom. The van der Waals surface area contributed by atoms with Crippen LogP contribution in [0.2, 0.25) is 0 Å². The lowest BCUT2D eigenvalue weighted by molar-refractivity contribution is -0.134. The highest BCUT2D eigenvalue weighted by Crippen LogP contribution is 2.24. The number of ether oxygens (including phenoxy) is 1. The van der Waals surface area contributed by atoms with Gasteiger partial charge in [0.05, 0.1) is 13.1 Å². The molecule has 2 aliphatic rings. The van der Waals surface area contributed by atoms with Crippen molar-refractivity contribution in [2.24, 2.45) is 0 Å². The fraction of sp³-hybridized carbons (Fsp3) is 0.278. The molecule has 1 saturated heterocycles. The van der Waals surface area contributed by atoms with Gasteiger partial charge in [-0.15, -0.1) is 11.3 Å². The molecule has 2 aromatic heterocycles. The molecule has 0 aliphatic carbocycles. The molecule has 128 valence electrons. The van der Waals surface area contributed by atoms with Crippen LogP contribution in [-0.2, 0) is 16.0 Å². The van der Waals surface area contributed by atoms with Gasteiger partial charge in [0.2, 0.25) is 11.8 Å². The number of likely N-dealkylation sites (tertiary alicyclic amines) is 1. The summed E-state index contributed by atoms with van der Waals surface area (Å²) in [5.74, 6) is 0.587. The Kier molecular flexibility index (Phi) is 4.23. The fourth-order valence-electron chi connectivity index (χ4n) is 2.83. The monoisotopic (exact) mass is 355 g/mol. The molecule has 0 aromatic carbocycles. The van der Waals surface area contributed by atoms with Gasteiger partial charge in [0.25, 0.3) is 0 Å². The second kappa shape index (κ2) is 6.68. The molecule has 4 rings (SSSR count). The summed E-state index contributed by atoms with van der Waals surface area (Å²) in [5.41, 5.74) is 1.86. The van der Waals surface area contributed by atoms with Crippen molar-refractivity contribution < 1.29 is 14.3 Å². The van der Waals surface area contributed by atoms with Crippen molar-refractivity contribution in [2.45, 2.75) is 18.9 Å². The molecule has 1 N–H and O–H groups in total. The van der Waals surface area contributed by atoms with Gasteiger partial charge in [-0.1, -0.05) is 0 Å². The first kappa shape index (κ1) is 15.8. The van der Waals surface area contributed by atoms with Gasteiger partial charge in [0.1, 0.15) is 11.9 Å². The average molecular weight is 355 g/mol. The first-order chi connectivity index (χ1) is 12.2. The number of nitrogens with zero attached hydrogens (tertiary/aromatic N) is 2. The van der Waals surface area contributed by atoms with Crippen LogP contribution >= 0.6 is 11.3 Å². The van der Waals surface area contributed by atoms with E-state index in [9.17, 15) is 9.59 Å². The molecule has 2 amide bonds. The number of amides is 2. The molecule has 0 saturated carbocycles. The summed E-state index contributed by atoms with van der Waals surface area (Å²) >= 11 is 1.56. The normalized spacial score (nSPS) is 17.1. The number of carbonyl (C=O) groups is 2. The third-order valence-corrected chi connectivity index (χ3v) is 4.98. The molecule has 2 aliphatic heterocycles. The van der Waals surface area contributed by atoms with E-state index in [-0.39, 0.29) is 17.9 Å². The topological polar surface area (TPSA) is 71.5 Å². The number of carbonyl (C=O) groups excluding carboxylic acids is 2. The van der Waals surface area contributed by atoms with Crippen LogP contribution in [0.1, 0.15) is 17.5 Å². The maximum Gasteiger partial charge on any atom is 0.246 e. The standard InChI is InChI=1S/C18H17N3O3S/c22-15-5-4-13-8-12(9-19-18(13)20-15)3-6-16(23)21-10-14(11-21)24-17-2-1-7-25-17/h1-3,6-9,14H,4-5,10-11H2,(H,19,20,22)/b6-3+. The van der Waals surface area contributed by atoms with Gasteiger partial charge >= 0.3 is 0 Å².